The first-order valence-electron chi connectivity index (χ1n) is 4.81. The predicted molar refractivity (Wildman–Crippen MR) is 62.1 cm³/mol. The Morgan fingerprint density at radius 3 is 2.76 bits per heavy atom. The number of nitrogens with one attached hydrogen (secondary N) is 1. The van der Waals surface area contributed by atoms with E-state index in [4.69, 9.17) is 11.6 Å². The van der Waals surface area contributed by atoms with Crippen LogP contribution in [0.25, 0.3) is 0 Å². The van der Waals surface area contributed by atoms with Gasteiger partial charge in [-0.1, -0.05) is 11.6 Å². The predicted octanol–water partition coefficient (Wildman–Crippen LogP) is 1.65. The van der Waals surface area contributed by atoms with Crippen LogP contribution >= 0.6 is 11.6 Å². The Bertz CT molecular complexity index is 459. The number of hydrogen-bond acceptors (Lipinski definition) is 4. The van der Waals surface area contributed by atoms with Gasteiger partial charge in [0.15, 0.2) is 6.29 Å². The van der Waals surface area contributed by atoms with E-state index < -0.39 is 11.9 Å². The van der Waals surface area contributed by atoms with Crippen LogP contribution < -0.4 is 5.32 Å². The lowest BCUT2D eigenvalue weighted by molar-refractivity contribution is -0.152. The van der Waals surface area contributed by atoms with Gasteiger partial charge in [-0.3, -0.25) is 9.59 Å². The van der Waals surface area contributed by atoms with E-state index in [1.165, 1.54) is 18.2 Å². The molecular formula is C11H10ClNO4. The minimum Gasteiger partial charge on any atom is -0.459 e. The number of carbonyl (C=O) groups excluding carboxylic acids is 3. The molecule has 17 heavy (non-hydrogen) atoms. The monoisotopic (exact) mass is 255 g/mol. The van der Waals surface area contributed by atoms with Gasteiger partial charge >= 0.3 is 11.9 Å². The summed E-state index contributed by atoms with van der Waals surface area (Å²) < 4.78 is 4.51. The van der Waals surface area contributed by atoms with Crippen LogP contribution in [0.5, 0.6) is 0 Å². The number of ether oxygens (including phenoxy) is 1. The van der Waals surface area contributed by atoms with Crippen LogP contribution in [0.4, 0.5) is 5.69 Å². The molecule has 0 atom stereocenters. The van der Waals surface area contributed by atoms with Crippen LogP contribution in [0.15, 0.2) is 18.2 Å². The number of rotatable bonds is 3. The Balaban J connectivity index is 2.84. The van der Waals surface area contributed by atoms with Gasteiger partial charge in [-0.05, 0) is 25.1 Å². The van der Waals surface area contributed by atoms with E-state index in [1.54, 1.807) is 6.92 Å². The average molecular weight is 256 g/mol. The van der Waals surface area contributed by atoms with Crippen molar-refractivity contribution in [2.45, 2.75) is 6.92 Å². The molecule has 1 aromatic rings. The second-order valence-corrected chi connectivity index (χ2v) is 3.46. The van der Waals surface area contributed by atoms with Gasteiger partial charge in [-0.15, -0.1) is 0 Å². The molecule has 0 saturated carbocycles. The van der Waals surface area contributed by atoms with E-state index in [0.717, 1.165) is 0 Å². The molecule has 0 heterocycles. The molecule has 6 heteroatoms. The summed E-state index contributed by atoms with van der Waals surface area (Å²) in [6.07, 6.45) is 0.534. The molecule has 5 nitrogen and oxygen atoms in total. The van der Waals surface area contributed by atoms with E-state index in [0.29, 0.717) is 11.3 Å². The normalized spacial score (nSPS) is 9.53. The third-order valence-corrected chi connectivity index (χ3v) is 2.08. The van der Waals surface area contributed by atoms with Gasteiger partial charge in [-0.25, -0.2) is 4.79 Å². The second kappa shape index (κ2) is 6.00. The second-order valence-electron chi connectivity index (χ2n) is 3.02. The summed E-state index contributed by atoms with van der Waals surface area (Å²) in [7, 11) is 0. The Labute approximate surface area is 103 Å². The Morgan fingerprint density at radius 1 is 1.47 bits per heavy atom. The topological polar surface area (TPSA) is 72.5 Å². The molecule has 0 aliphatic heterocycles. The Kier molecular flexibility index (Phi) is 4.66. The van der Waals surface area contributed by atoms with E-state index in [1.807, 2.05) is 0 Å². The first-order chi connectivity index (χ1) is 8.08. The maximum absolute atomic E-state index is 11.3. The van der Waals surface area contributed by atoms with E-state index >= 15 is 0 Å². The van der Waals surface area contributed by atoms with Crippen molar-refractivity contribution in [3.05, 3.63) is 28.8 Å². The molecule has 90 valence electrons. The van der Waals surface area contributed by atoms with Gasteiger partial charge in [0, 0.05) is 10.6 Å². The van der Waals surface area contributed by atoms with Crippen molar-refractivity contribution in [1.82, 2.24) is 0 Å². The highest BCUT2D eigenvalue weighted by Gasteiger charge is 2.16. The number of halogens is 1. The zero-order chi connectivity index (χ0) is 12.8. The fraction of sp³-hybridized carbons (Fsp3) is 0.182. The molecule has 0 bridgehead atoms. The van der Waals surface area contributed by atoms with Gasteiger partial charge in [0.05, 0.1) is 12.3 Å². The van der Waals surface area contributed by atoms with Gasteiger partial charge in [0.25, 0.3) is 0 Å². The molecule has 0 radical (unpaired) electrons. The first-order valence-corrected chi connectivity index (χ1v) is 5.19. The molecule has 1 N–H and O–H groups in total. The van der Waals surface area contributed by atoms with Gasteiger partial charge in [0.2, 0.25) is 0 Å². The van der Waals surface area contributed by atoms with Crippen molar-refractivity contribution in [3.8, 4) is 0 Å². The number of aldehydes is 1. The lowest BCUT2D eigenvalue weighted by Gasteiger charge is -2.07. The summed E-state index contributed by atoms with van der Waals surface area (Å²) in [6, 6.07) is 4.31. The molecule has 0 saturated heterocycles. The zero-order valence-electron chi connectivity index (χ0n) is 9.03. The molecule has 0 unspecified atom stereocenters. The number of esters is 1. The van der Waals surface area contributed by atoms with Gasteiger partial charge in [0.1, 0.15) is 0 Å². The van der Waals surface area contributed by atoms with Crippen LogP contribution in [0, 0.1) is 0 Å². The summed E-state index contributed by atoms with van der Waals surface area (Å²) in [5, 5.41) is 2.63. The van der Waals surface area contributed by atoms with Crippen LogP contribution in [0.2, 0.25) is 5.02 Å². The van der Waals surface area contributed by atoms with Crippen LogP contribution in [0.3, 0.4) is 0 Å². The standard InChI is InChI=1S/C11H10ClNO4/c1-2-17-11(16)10(15)13-9-4-3-8(12)5-7(9)6-14/h3-6H,2H2,1H3,(H,13,15). The molecule has 0 aliphatic carbocycles. The summed E-state index contributed by atoms with van der Waals surface area (Å²) >= 11 is 5.68. The average Bonchev–Trinajstić information content (AvgIpc) is 2.31. The van der Waals surface area contributed by atoms with Crippen molar-refractivity contribution in [1.29, 1.82) is 0 Å². The van der Waals surface area contributed by atoms with Crippen LogP contribution in [-0.2, 0) is 14.3 Å². The quantitative estimate of drug-likeness (QED) is 0.506. The van der Waals surface area contributed by atoms with Crippen LogP contribution in [0.1, 0.15) is 17.3 Å². The van der Waals surface area contributed by atoms with Crippen molar-refractivity contribution >= 4 is 35.5 Å². The third-order valence-electron chi connectivity index (χ3n) is 1.85. The van der Waals surface area contributed by atoms with E-state index in [2.05, 4.69) is 10.1 Å². The van der Waals surface area contributed by atoms with Crippen molar-refractivity contribution in [2.75, 3.05) is 11.9 Å². The SMILES string of the molecule is CCOC(=O)C(=O)Nc1ccc(Cl)cc1C=O. The molecule has 0 aliphatic rings. The van der Waals surface area contributed by atoms with E-state index in [-0.39, 0.29) is 17.9 Å². The van der Waals surface area contributed by atoms with Crippen molar-refractivity contribution in [3.63, 3.8) is 0 Å². The largest absolute Gasteiger partial charge is 0.459 e. The molecule has 0 fully saturated rings. The number of benzene rings is 1. The molecule has 1 amide bonds. The molecule has 1 aromatic carbocycles. The van der Waals surface area contributed by atoms with Gasteiger partial charge < -0.3 is 10.1 Å². The Hall–Kier alpha value is -1.88. The summed E-state index contributed by atoms with van der Waals surface area (Å²) in [5.74, 6) is -1.93. The maximum atomic E-state index is 11.3. The number of anilines is 1. The van der Waals surface area contributed by atoms with Crippen molar-refractivity contribution in [2.24, 2.45) is 0 Å². The fourth-order valence-corrected chi connectivity index (χ4v) is 1.30. The van der Waals surface area contributed by atoms with Crippen LogP contribution in [-0.4, -0.2) is 24.8 Å². The molecule has 0 aromatic heterocycles. The first kappa shape index (κ1) is 13.2. The fourth-order valence-electron chi connectivity index (χ4n) is 1.11. The van der Waals surface area contributed by atoms with Crippen molar-refractivity contribution < 1.29 is 19.1 Å². The maximum Gasteiger partial charge on any atom is 0.397 e. The molecular weight excluding hydrogens is 246 g/mol. The highest BCUT2D eigenvalue weighted by atomic mass is 35.5. The minimum atomic E-state index is -1.00. The smallest absolute Gasteiger partial charge is 0.397 e. The number of hydrogen-bond donors (Lipinski definition) is 1. The molecule has 0 spiro atoms. The highest BCUT2D eigenvalue weighted by molar-refractivity contribution is 6.37. The zero-order valence-corrected chi connectivity index (χ0v) is 9.78. The number of carbonyl (C=O) groups is 3. The summed E-state index contributed by atoms with van der Waals surface area (Å²) in [6.45, 7) is 1.69. The lowest BCUT2D eigenvalue weighted by atomic mass is 10.2. The Morgan fingerprint density at radius 2 is 2.18 bits per heavy atom. The lowest BCUT2D eigenvalue weighted by Crippen LogP contribution is -2.25. The van der Waals surface area contributed by atoms with E-state index in [9.17, 15) is 14.4 Å². The van der Waals surface area contributed by atoms with Gasteiger partial charge in [-0.2, -0.15) is 0 Å². The molecule has 1 rings (SSSR count). The summed E-state index contributed by atoms with van der Waals surface area (Å²) in [4.78, 5) is 33.1. The highest BCUT2D eigenvalue weighted by Crippen LogP contribution is 2.18. The number of amides is 1. The summed E-state index contributed by atoms with van der Waals surface area (Å²) in [5.41, 5.74) is 0.401. The minimum absolute atomic E-state index is 0.105. The third kappa shape index (κ3) is 3.57.